The number of fused-ring (bicyclic) bond motifs is 1. The minimum absolute atomic E-state index is 0.123. The van der Waals surface area contributed by atoms with Gasteiger partial charge in [0.05, 0.1) is 11.1 Å². The van der Waals surface area contributed by atoms with E-state index in [1.807, 2.05) is 12.1 Å². The van der Waals surface area contributed by atoms with Crippen molar-refractivity contribution >= 4 is 11.9 Å². The molecule has 4 rings (SSSR count). The third-order valence-corrected chi connectivity index (χ3v) is 5.90. The van der Waals surface area contributed by atoms with Gasteiger partial charge in [-0.05, 0) is 62.1 Å². The van der Waals surface area contributed by atoms with Gasteiger partial charge < -0.3 is 9.84 Å². The number of ketones is 1. The predicted octanol–water partition coefficient (Wildman–Crippen LogP) is 4.95. The molecule has 28 heavy (non-hydrogen) atoms. The number of hydrogen-bond acceptors (Lipinski definition) is 4. The average molecular weight is 377 g/mol. The Morgan fingerprint density at radius 3 is 2.68 bits per heavy atom. The number of hydrogen-bond donors (Lipinski definition) is 1. The maximum atomic E-state index is 12.9. The summed E-state index contributed by atoms with van der Waals surface area (Å²) in [6.45, 7) is 5.94. The van der Waals surface area contributed by atoms with Gasteiger partial charge in [0.1, 0.15) is 11.5 Å². The number of phenolic OH excluding ortho intramolecular Hbond substituents is 1. The van der Waals surface area contributed by atoms with Crippen molar-refractivity contribution in [3.05, 3.63) is 64.4 Å². The molecule has 2 aromatic rings. The molecule has 4 heteroatoms. The van der Waals surface area contributed by atoms with Gasteiger partial charge in [0.15, 0.2) is 5.76 Å². The average Bonchev–Trinajstić information content (AvgIpc) is 3.02. The zero-order valence-corrected chi connectivity index (χ0v) is 16.6. The summed E-state index contributed by atoms with van der Waals surface area (Å²) in [4.78, 5) is 15.2. The minimum Gasteiger partial charge on any atom is -0.507 e. The SMILES string of the molecule is CCc1ccc(/C=C2\Oc3c(ccc(O)c3CN3CCCCC3C)C2=O)cc1. The summed E-state index contributed by atoms with van der Waals surface area (Å²) in [5.74, 6) is 0.900. The maximum Gasteiger partial charge on any atom is 0.231 e. The van der Waals surface area contributed by atoms with Crippen molar-refractivity contribution in [2.75, 3.05) is 6.54 Å². The fraction of sp³-hybridized carbons (Fsp3) is 0.375. The van der Waals surface area contributed by atoms with Gasteiger partial charge in [-0.3, -0.25) is 9.69 Å². The number of Topliss-reactive ketones (excluding diaryl/α,β-unsaturated/α-hetero) is 1. The monoisotopic (exact) mass is 377 g/mol. The highest BCUT2D eigenvalue weighted by molar-refractivity contribution is 6.15. The first-order valence-corrected chi connectivity index (χ1v) is 10.2. The summed E-state index contributed by atoms with van der Waals surface area (Å²) in [7, 11) is 0. The van der Waals surface area contributed by atoms with Gasteiger partial charge >= 0.3 is 0 Å². The highest BCUT2D eigenvalue weighted by atomic mass is 16.5. The van der Waals surface area contributed by atoms with Gasteiger partial charge in [-0.15, -0.1) is 0 Å². The molecule has 1 unspecified atom stereocenters. The molecule has 1 N–H and O–H groups in total. The summed E-state index contributed by atoms with van der Waals surface area (Å²) in [5, 5.41) is 10.5. The van der Waals surface area contributed by atoms with Crippen molar-refractivity contribution in [3.63, 3.8) is 0 Å². The van der Waals surface area contributed by atoms with Crippen molar-refractivity contribution in [1.29, 1.82) is 0 Å². The fourth-order valence-electron chi connectivity index (χ4n) is 4.05. The predicted molar refractivity (Wildman–Crippen MR) is 111 cm³/mol. The summed E-state index contributed by atoms with van der Waals surface area (Å²) >= 11 is 0. The Hall–Kier alpha value is -2.59. The van der Waals surface area contributed by atoms with E-state index in [0.29, 0.717) is 35.2 Å². The van der Waals surface area contributed by atoms with Crippen LogP contribution in [-0.4, -0.2) is 28.4 Å². The van der Waals surface area contributed by atoms with E-state index in [2.05, 4.69) is 30.9 Å². The molecule has 1 fully saturated rings. The zero-order chi connectivity index (χ0) is 19.7. The molecule has 4 nitrogen and oxygen atoms in total. The molecule has 0 saturated carbocycles. The second-order valence-corrected chi connectivity index (χ2v) is 7.79. The number of allylic oxidation sites excluding steroid dienone is 1. The van der Waals surface area contributed by atoms with Crippen LogP contribution in [0.3, 0.4) is 0 Å². The van der Waals surface area contributed by atoms with Gasteiger partial charge in [-0.2, -0.15) is 0 Å². The first kappa shape index (κ1) is 18.8. The molecule has 0 radical (unpaired) electrons. The number of ether oxygens (including phenoxy) is 1. The molecule has 2 heterocycles. The molecular formula is C24H27NO3. The first-order valence-electron chi connectivity index (χ1n) is 10.2. The van der Waals surface area contributed by atoms with Crippen LogP contribution in [0.15, 0.2) is 42.2 Å². The number of rotatable bonds is 4. The van der Waals surface area contributed by atoms with Crippen LogP contribution < -0.4 is 4.74 Å². The molecule has 2 aliphatic heterocycles. The van der Waals surface area contributed by atoms with Crippen LogP contribution in [0, 0.1) is 0 Å². The van der Waals surface area contributed by atoms with Gasteiger partial charge in [-0.25, -0.2) is 0 Å². The maximum absolute atomic E-state index is 12.9. The minimum atomic E-state index is -0.123. The van der Waals surface area contributed by atoms with Crippen molar-refractivity contribution in [2.24, 2.45) is 0 Å². The number of aryl methyl sites for hydroxylation is 1. The Morgan fingerprint density at radius 1 is 1.18 bits per heavy atom. The summed E-state index contributed by atoms with van der Waals surface area (Å²) in [6, 6.07) is 11.9. The topological polar surface area (TPSA) is 49.8 Å². The van der Waals surface area contributed by atoms with E-state index in [1.165, 1.54) is 18.4 Å². The van der Waals surface area contributed by atoms with E-state index in [9.17, 15) is 9.90 Å². The van der Waals surface area contributed by atoms with Crippen LogP contribution in [0.4, 0.5) is 0 Å². The van der Waals surface area contributed by atoms with E-state index in [0.717, 1.165) is 24.9 Å². The zero-order valence-electron chi connectivity index (χ0n) is 16.6. The van der Waals surface area contributed by atoms with Crippen molar-refractivity contribution < 1.29 is 14.6 Å². The summed E-state index contributed by atoms with van der Waals surface area (Å²) in [5.41, 5.74) is 3.44. The third kappa shape index (κ3) is 3.57. The molecular weight excluding hydrogens is 350 g/mol. The van der Waals surface area contributed by atoms with Crippen LogP contribution in [0.25, 0.3) is 6.08 Å². The number of piperidine rings is 1. The van der Waals surface area contributed by atoms with Gasteiger partial charge in [-0.1, -0.05) is 37.6 Å². The number of benzene rings is 2. The number of likely N-dealkylation sites (tertiary alicyclic amines) is 1. The molecule has 2 aromatic carbocycles. The van der Waals surface area contributed by atoms with E-state index in [4.69, 9.17) is 4.74 Å². The van der Waals surface area contributed by atoms with Gasteiger partial charge in [0.2, 0.25) is 5.78 Å². The second kappa shape index (κ2) is 7.80. The fourth-order valence-corrected chi connectivity index (χ4v) is 4.05. The van der Waals surface area contributed by atoms with Crippen LogP contribution in [0.1, 0.15) is 60.2 Å². The van der Waals surface area contributed by atoms with E-state index >= 15 is 0 Å². The van der Waals surface area contributed by atoms with Crippen molar-refractivity contribution in [1.82, 2.24) is 4.90 Å². The quantitative estimate of drug-likeness (QED) is 0.767. The van der Waals surface area contributed by atoms with Crippen molar-refractivity contribution in [2.45, 2.75) is 52.1 Å². The molecule has 0 amide bonds. The van der Waals surface area contributed by atoms with Crippen LogP contribution in [0.2, 0.25) is 0 Å². The van der Waals surface area contributed by atoms with Crippen molar-refractivity contribution in [3.8, 4) is 11.5 Å². The standard InChI is InChI=1S/C24H27NO3/c1-3-17-7-9-18(10-8-17)14-22-23(27)19-11-12-21(26)20(24(19)28-22)15-25-13-5-4-6-16(25)2/h7-12,14,16,26H,3-6,13,15H2,1-2H3/b22-14-. The first-order chi connectivity index (χ1) is 13.6. The molecule has 2 aliphatic rings. The lowest BCUT2D eigenvalue weighted by molar-refractivity contribution is 0.101. The molecule has 146 valence electrons. The Bertz CT molecular complexity index is 914. The highest BCUT2D eigenvalue weighted by Gasteiger charge is 2.32. The van der Waals surface area contributed by atoms with E-state index in [1.54, 1.807) is 18.2 Å². The number of carbonyl (C=O) groups excluding carboxylic acids is 1. The van der Waals surface area contributed by atoms with Crippen LogP contribution in [-0.2, 0) is 13.0 Å². The molecule has 0 spiro atoms. The third-order valence-electron chi connectivity index (χ3n) is 5.90. The second-order valence-electron chi connectivity index (χ2n) is 7.79. The number of nitrogens with zero attached hydrogens (tertiary/aromatic N) is 1. The lowest BCUT2D eigenvalue weighted by Gasteiger charge is -2.33. The Labute approximate surface area is 166 Å². The number of carbonyl (C=O) groups is 1. The smallest absolute Gasteiger partial charge is 0.231 e. The van der Waals surface area contributed by atoms with Gasteiger partial charge in [0, 0.05) is 12.6 Å². The van der Waals surface area contributed by atoms with Gasteiger partial charge in [0.25, 0.3) is 0 Å². The van der Waals surface area contributed by atoms with E-state index < -0.39 is 0 Å². The van der Waals surface area contributed by atoms with Crippen LogP contribution >= 0.6 is 0 Å². The van der Waals surface area contributed by atoms with Crippen LogP contribution in [0.5, 0.6) is 11.5 Å². The Kier molecular flexibility index (Phi) is 5.23. The molecule has 1 saturated heterocycles. The summed E-state index contributed by atoms with van der Waals surface area (Å²) in [6.07, 6.45) is 6.34. The summed E-state index contributed by atoms with van der Waals surface area (Å²) < 4.78 is 5.99. The Balaban J connectivity index is 1.63. The normalized spacial score (nSPS) is 21.0. The number of aromatic hydroxyl groups is 1. The lowest BCUT2D eigenvalue weighted by Crippen LogP contribution is -2.36. The molecule has 0 aromatic heterocycles. The molecule has 0 bridgehead atoms. The highest BCUT2D eigenvalue weighted by Crippen LogP contribution is 2.40. The Morgan fingerprint density at radius 2 is 1.96 bits per heavy atom. The molecule has 1 atom stereocenters. The lowest BCUT2D eigenvalue weighted by atomic mass is 10.0. The largest absolute Gasteiger partial charge is 0.507 e. The van der Waals surface area contributed by atoms with E-state index in [-0.39, 0.29) is 11.5 Å². The molecule has 0 aliphatic carbocycles. The number of phenols is 1.